The van der Waals surface area contributed by atoms with Gasteiger partial charge in [0.15, 0.2) is 5.96 Å². The van der Waals surface area contributed by atoms with Gasteiger partial charge in [-0.1, -0.05) is 11.6 Å². The molecule has 2 N–H and O–H groups in total. The number of likely N-dealkylation sites (N-methyl/N-ethyl adjacent to an activating group) is 1. The number of aliphatic imine (C=N–C) groups is 1. The molecule has 0 radical (unpaired) electrons. The van der Waals surface area contributed by atoms with Gasteiger partial charge in [0, 0.05) is 49.5 Å². The van der Waals surface area contributed by atoms with Crippen LogP contribution in [0.1, 0.15) is 18.4 Å². The molecule has 0 atom stereocenters. The Labute approximate surface area is 163 Å². The van der Waals surface area contributed by atoms with Crippen LogP contribution in [0.5, 0.6) is 5.75 Å². The topological polar surface area (TPSA) is 58.1 Å². The summed E-state index contributed by atoms with van der Waals surface area (Å²) in [7, 11) is 5.78. The molecular formula is C18H27ClF2N4O2. The van der Waals surface area contributed by atoms with E-state index >= 15 is 0 Å². The lowest BCUT2D eigenvalue weighted by Gasteiger charge is -2.43. The first-order valence-corrected chi connectivity index (χ1v) is 9.17. The second-order valence-corrected chi connectivity index (χ2v) is 7.08. The minimum atomic E-state index is -2.89. The zero-order valence-corrected chi connectivity index (χ0v) is 16.7. The van der Waals surface area contributed by atoms with E-state index < -0.39 is 6.61 Å². The van der Waals surface area contributed by atoms with Gasteiger partial charge < -0.3 is 25.0 Å². The first-order valence-electron chi connectivity index (χ1n) is 8.79. The number of benzene rings is 1. The van der Waals surface area contributed by atoms with E-state index in [0.29, 0.717) is 23.1 Å². The van der Waals surface area contributed by atoms with E-state index in [0.717, 1.165) is 26.1 Å². The van der Waals surface area contributed by atoms with E-state index in [1.807, 2.05) is 0 Å². The van der Waals surface area contributed by atoms with E-state index in [2.05, 4.69) is 39.4 Å². The zero-order chi connectivity index (χ0) is 19.9. The Morgan fingerprint density at radius 1 is 1.33 bits per heavy atom. The highest BCUT2D eigenvalue weighted by Gasteiger charge is 2.34. The molecule has 0 aliphatic carbocycles. The lowest BCUT2D eigenvalue weighted by molar-refractivity contribution is -0.0504. The van der Waals surface area contributed by atoms with Crippen molar-refractivity contribution in [1.29, 1.82) is 0 Å². The van der Waals surface area contributed by atoms with Gasteiger partial charge in [0.25, 0.3) is 0 Å². The van der Waals surface area contributed by atoms with Crippen LogP contribution in [0.4, 0.5) is 8.78 Å². The number of halogens is 3. The fraction of sp³-hybridized carbons (Fsp3) is 0.611. The van der Waals surface area contributed by atoms with Crippen LogP contribution >= 0.6 is 11.6 Å². The van der Waals surface area contributed by atoms with Crippen LogP contribution in [-0.4, -0.2) is 63.9 Å². The average Bonchev–Trinajstić information content (AvgIpc) is 2.64. The van der Waals surface area contributed by atoms with Crippen LogP contribution in [0.3, 0.4) is 0 Å². The molecule has 0 unspecified atom stereocenters. The summed E-state index contributed by atoms with van der Waals surface area (Å²) in [5.41, 5.74) is 0.509. The summed E-state index contributed by atoms with van der Waals surface area (Å²) in [6, 6.07) is 4.55. The second-order valence-electron chi connectivity index (χ2n) is 6.64. The molecule has 0 bridgehead atoms. The second kappa shape index (κ2) is 10.1. The van der Waals surface area contributed by atoms with Crippen LogP contribution in [0.2, 0.25) is 5.02 Å². The number of nitrogens with zero attached hydrogens (tertiary/aromatic N) is 2. The van der Waals surface area contributed by atoms with E-state index in [4.69, 9.17) is 16.3 Å². The average molecular weight is 405 g/mol. The number of alkyl halides is 2. The number of rotatable bonds is 7. The Morgan fingerprint density at radius 2 is 2.04 bits per heavy atom. The quantitative estimate of drug-likeness (QED) is 0.540. The number of guanidine groups is 1. The van der Waals surface area contributed by atoms with Crippen molar-refractivity contribution < 1.29 is 18.3 Å². The molecule has 6 nitrogen and oxygen atoms in total. The Balaban J connectivity index is 1.99. The number of nitrogens with one attached hydrogen (secondary N) is 2. The predicted molar refractivity (Wildman–Crippen MR) is 103 cm³/mol. The number of hydrogen-bond donors (Lipinski definition) is 2. The van der Waals surface area contributed by atoms with Gasteiger partial charge in [0.05, 0.1) is 0 Å². The molecule has 1 saturated heterocycles. The van der Waals surface area contributed by atoms with Crippen molar-refractivity contribution in [1.82, 2.24) is 15.5 Å². The van der Waals surface area contributed by atoms with E-state index in [1.54, 1.807) is 13.1 Å². The van der Waals surface area contributed by atoms with Crippen LogP contribution < -0.4 is 15.4 Å². The van der Waals surface area contributed by atoms with Crippen molar-refractivity contribution >= 4 is 17.6 Å². The Morgan fingerprint density at radius 3 is 2.63 bits per heavy atom. The maximum atomic E-state index is 12.6. The Hall–Kier alpha value is -1.64. The molecule has 1 aromatic carbocycles. The first-order chi connectivity index (χ1) is 12.9. The van der Waals surface area contributed by atoms with E-state index in [1.165, 1.54) is 12.1 Å². The molecule has 9 heteroatoms. The van der Waals surface area contributed by atoms with Crippen molar-refractivity contribution in [3.8, 4) is 5.75 Å². The van der Waals surface area contributed by atoms with Gasteiger partial charge in [-0.05, 0) is 45.1 Å². The van der Waals surface area contributed by atoms with Gasteiger partial charge in [0.1, 0.15) is 5.75 Å². The predicted octanol–water partition coefficient (Wildman–Crippen LogP) is 2.72. The van der Waals surface area contributed by atoms with Crippen molar-refractivity contribution in [3.05, 3.63) is 28.8 Å². The monoisotopic (exact) mass is 404 g/mol. The largest absolute Gasteiger partial charge is 0.434 e. The summed E-state index contributed by atoms with van der Waals surface area (Å²) in [5.74, 6) is 0.664. The van der Waals surface area contributed by atoms with Gasteiger partial charge in [-0.2, -0.15) is 8.78 Å². The minimum absolute atomic E-state index is 0.0180. The third kappa shape index (κ3) is 6.19. The standard InChI is InChI=1S/C18H27ClF2N4O2/c1-22-17(24-12-18(25(2)3)6-8-26-9-7-18)23-11-13-10-14(19)4-5-15(13)27-16(20)21/h4-5,10,16H,6-9,11-12H2,1-3H3,(H2,22,23,24). The molecule has 2 rings (SSSR count). The Kier molecular flexibility index (Phi) is 8.07. The molecule has 0 amide bonds. The van der Waals surface area contributed by atoms with Gasteiger partial charge in [-0.3, -0.25) is 4.99 Å². The SMILES string of the molecule is CN=C(NCc1cc(Cl)ccc1OC(F)F)NCC1(N(C)C)CCOCC1. The molecule has 0 aromatic heterocycles. The van der Waals surface area contributed by atoms with Crippen molar-refractivity contribution in [2.24, 2.45) is 4.99 Å². The summed E-state index contributed by atoms with van der Waals surface area (Å²) in [5, 5.41) is 6.90. The van der Waals surface area contributed by atoms with Gasteiger partial charge in [-0.15, -0.1) is 0 Å². The third-order valence-corrected chi connectivity index (χ3v) is 5.10. The maximum absolute atomic E-state index is 12.6. The van der Waals surface area contributed by atoms with Crippen LogP contribution in [-0.2, 0) is 11.3 Å². The van der Waals surface area contributed by atoms with Crippen molar-refractivity contribution in [3.63, 3.8) is 0 Å². The number of ether oxygens (including phenoxy) is 2. The van der Waals surface area contributed by atoms with Gasteiger partial charge >= 0.3 is 6.61 Å². The smallest absolute Gasteiger partial charge is 0.387 e. The minimum Gasteiger partial charge on any atom is -0.434 e. The highest BCUT2D eigenvalue weighted by atomic mass is 35.5. The molecule has 1 aliphatic rings. The lowest BCUT2D eigenvalue weighted by atomic mass is 9.88. The van der Waals surface area contributed by atoms with Crippen LogP contribution in [0, 0.1) is 0 Å². The van der Waals surface area contributed by atoms with Crippen molar-refractivity contribution in [2.75, 3.05) is 40.9 Å². The molecule has 1 fully saturated rings. The molecule has 0 saturated carbocycles. The summed E-state index contributed by atoms with van der Waals surface area (Å²) < 4.78 is 35.2. The highest BCUT2D eigenvalue weighted by molar-refractivity contribution is 6.30. The molecule has 27 heavy (non-hydrogen) atoms. The lowest BCUT2D eigenvalue weighted by Crippen LogP contribution is -2.57. The normalized spacial score (nSPS) is 17.3. The summed E-state index contributed by atoms with van der Waals surface area (Å²) in [6.07, 6.45) is 1.84. The fourth-order valence-corrected chi connectivity index (χ4v) is 3.27. The van der Waals surface area contributed by atoms with Gasteiger partial charge in [0.2, 0.25) is 0 Å². The van der Waals surface area contributed by atoms with E-state index in [-0.39, 0.29) is 17.8 Å². The molecule has 1 heterocycles. The summed E-state index contributed by atoms with van der Waals surface area (Å²) >= 11 is 5.98. The third-order valence-electron chi connectivity index (χ3n) is 4.87. The molecule has 1 aliphatic heterocycles. The van der Waals surface area contributed by atoms with Crippen LogP contribution in [0.15, 0.2) is 23.2 Å². The summed E-state index contributed by atoms with van der Waals surface area (Å²) in [6.45, 7) is -0.499. The Bertz CT molecular complexity index is 638. The van der Waals surface area contributed by atoms with Gasteiger partial charge in [-0.25, -0.2) is 0 Å². The van der Waals surface area contributed by atoms with Crippen LogP contribution in [0.25, 0.3) is 0 Å². The molecule has 1 aromatic rings. The number of hydrogen-bond acceptors (Lipinski definition) is 4. The molecule has 0 spiro atoms. The van der Waals surface area contributed by atoms with Crippen molar-refractivity contribution in [2.45, 2.75) is 31.5 Å². The first kappa shape index (κ1) is 21.7. The van der Waals surface area contributed by atoms with E-state index in [9.17, 15) is 8.78 Å². The maximum Gasteiger partial charge on any atom is 0.387 e. The zero-order valence-electron chi connectivity index (χ0n) is 15.9. The molecule has 152 valence electrons. The molecular weight excluding hydrogens is 378 g/mol. The fourth-order valence-electron chi connectivity index (χ4n) is 3.08. The highest BCUT2D eigenvalue weighted by Crippen LogP contribution is 2.26. The summed E-state index contributed by atoms with van der Waals surface area (Å²) in [4.78, 5) is 6.42.